The molecule has 1 aromatic carbocycles. The zero-order valence-electron chi connectivity index (χ0n) is 16.2. The number of methoxy groups -OCH3 is 1. The molecular weight excluding hydrogens is 382 g/mol. The van der Waals surface area contributed by atoms with Crippen LogP contribution in [0.4, 0.5) is 5.69 Å². The number of nitrogens with zero attached hydrogens (tertiary/aromatic N) is 2. The van der Waals surface area contributed by atoms with Crippen LogP contribution in [0.15, 0.2) is 41.0 Å². The summed E-state index contributed by atoms with van der Waals surface area (Å²) in [6.45, 7) is 8.94. The molecule has 0 radical (unpaired) electrons. The Hall–Kier alpha value is -1.76. The number of hydrogen-bond donors (Lipinski definition) is 1. The fraction of sp³-hybridized carbons (Fsp3) is 0.450. The predicted octanol–water partition coefficient (Wildman–Crippen LogP) is 4.87. The second-order valence-corrected chi connectivity index (χ2v) is 6.98. The molecule has 0 amide bonds. The molecular formula is C20H28ClN3O2S. The fourth-order valence-electron chi connectivity index (χ4n) is 2.84. The quantitative estimate of drug-likeness (QED) is 0.564. The molecule has 2 aromatic rings. The van der Waals surface area contributed by atoms with E-state index in [4.69, 9.17) is 33.0 Å². The van der Waals surface area contributed by atoms with Gasteiger partial charge < -0.3 is 24.3 Å². The van der Waals surface area contributed by atoms with Crippen LogP contribution in [0, 0.1) is 0 Å². The van der Waals surface area contributed by atoms with Crippen molar-refractivity contribution in [1.29, 1.82) is 0 Å². The van der Waals surface area contributed by atoms with Crippen molar-refractivity contribution in [2.24, 2.45) is 0 Å². The van der Waals surface area contributed by atoms with E-state index in [1.807, 2.05) is 24.3 Å². The highest BCUT2D eigenvalue weighted by Gasteiger charge is 2.15. The summed E-state index contributed by atoms with van der Waals surface area (Å²) in [4.78, 5) is 4.51. The van der Waals surface area contributed by atoms with Gasteiger partial charge in [0.25, 0.3) is 0 Å². The molecule has 2 rings (SSSR count). The normalized spacial score (nSPS) is 10.9. The van der Waals surface area contributed by atoms with Gasteiger partial charge in [-0.15, -0.1) is 0 Å². The Morgan fingerprint density at radius 1 is 1.22 bits per heavy atom. The van der Waals surface area contributed by atoms with Crippen LogP contribution in [-0.4, -0.2) is 48.2 Å². The summed E-state index contributed by atoms with van der Waals surface area (Å²) >= 11 is 11.8. The summed E-state index contributed by atoms with van der Waals surface area (Å²) in [6, 6.07) is 9.28. The standard InChI is InChI=1S/C20H28ClN3O2S/c1-4-23(5-2)11-7-12-24(15-17-8-6-13-26-17)20(27)22-18-14-16(21)9-10-19(18)25-3/h6,8-10,13-14H,4-5,7,11-12,15H2,1-3H3,(H,22,27). The fourth-order valence-corrected chi connectivity index (χ4v) is 3.28. The van der Waals surface area contributed by atoms with Gasteiger partial charge in [-0.25, -0.2) is 0 Å². The average molecular weight is 410 g/mol. The lowest BCUT2D eigenvalue weighted by Crippen LogP contribution is -2.36. The number of anilines is 1. The topological polar surface area (TPSA) is 40.9 Å². The van der Waals surface area contributed by atoms with Crippen molar-refractivity contribution in [2.75, 3.05) is 38.6 Å². The number of benzene rings is 1. The maximum Gasteiger partial charge on any atom is 0.173 e. The van der Waals surface area contributed by atoms with E-state index in [0.29, 0.717) is 22.4 Å². The summed E-state index contributed by atoms with van der Waals surface area (Å²) in [6.07, 6.45) is 2.69. The molecule has 0 unspecified atom stereocenters. The van der Waals surface area contributed by atoms with E-state index < -0.39 is 0 Å². The first-order chi connectivity index (χ1) is 13.1. The van der Waals surface area contributed by atoms with Crippen molar-refractivity contribution in [3.05, 3.63) is 47.4 Å². The van der Waals surface area contributed by atoms with Gasteiger partial charge in [-0.1, -0.05) is 25.4 Å². The molecule has 0 fully saturated rings. The van der Waals surface area contributed by atoms with E-state index in [1.54, 1.807) is 19.4 Å². The van der Waals surface area contributed by atoms with Gasteiger partial charge in [0.15, 0.2) is 5.11 Å². The number of thiocarbonyl (C=S) groups is 1. The van der Waals surface area contributed by atoms with Gasteiger partial charge in [0.2, 0.25) is 0 Å². The van der Waals surface area contributed by atoms with Crippen molar-refractivity contribution in [3.63, 3.8) is 0 Å². The molecule has 0 saturated heterocycles. The van der Waals surface area contributed by atoms with Crippen LogP contribution >= 0.6 is 23.8 Å². The monoisotopic (exact) mass is 409 g/mol. The number of rotatable bonds is 10. The number of furan rings is 1. The van der Waals surface area contributed by atoms with Gasteiger partial charge >= 0.3 is 0 Å². The number of halogens is 1. The first kappa shape index (κ1) is 21.5. The van der Waals surface area contributed by atoms with Crippen molar-refractivity contribution in [1.82, 2.24) is 9.80 Å². The Labute approximate surface area is 172 Å². The smallest absolute Gasteiger partial charge is 0.173 e. The first-order valence-corrected chi connectivity index (χ1v) is 10.00. The minimum Gasteiger partial charge on any atom is -0.495 e. The third-order valence-corrected chi connectivity index (χ3v) is 5.01. The van der Waals surface area contributed by atoms with Gasteiger partial charge in [-0.3, -0.25) is 0 Å². The number of hydrogen-bond acceptors (Lipinski definition) is 4. The molecule has 1 N–H and O–H groups in total. The Bertz CT molecular complexity index is 705. The third kappa shape index (κ3) is 6.72. The summed E-state index contributed by atoms with van der Waals surface area (Å²) in [5.41, 5.74) is 0.753. The maximum atomic E-state index is 6.13. The van der Waals surface area contributed by atoms with Gasteiger partial charge in [0.05, 0.1) is 25.6 Å². The van der Waals surface area contributed by atoms with Crippen molar-refractivity contribution >= 4 is 34.6 Å². The molecule has 148 valence electrons. The molecule has 0 atom stereocenters. The van der Waals surface area contributed by atoms with E-state index >= 15 is 0 Å². The second-order valence-electron chi connectivity index (χ2n) is 6.16. The number of ether oxygens (including phenoxy) is 1. The molecule has 0 spiro atoms. The zero-order valence-corrected chi connectivity index (χ0v) is 17.8. The van der Waals surface area contributed by atoms with Crippen molar-refractivity contribution < 1.29 is 9.15 Å². The average Bonchev–Trinajstić information content (AvgIpc) is 3.17. The second kappa shape index (κ2) is 11.2. The molecule has 0 saturated carbocycles. The summed E-state index contributed by atoms with van der Waals surface area (Å²) in [5.74, 6) is 1.57. The van der Waals surface area contributed by atoms with Crippen LogP contribution in [-0.2, 0) is 6.54 Å². The summed E-state index contributed by atoms with van der Waals surface area (Å²) < 4.78 is 10.9. The molecule has 7 heteroatoms. The lowest BCUT2D eigenvalue weighted by Gasteiger charge is -2.27. The van der Waals surface area contributed by atoms with Crippen molar-refractivity contribution in [3.8, 4) is 5.75 Å². The molecule has 5 nitrogen and oxygen atoms in total. The van der Waals surface area contributed by atoms with E-state index in [1.165, 1.54) is 0 Å². The maximum absolute atomic E-state index is 6.13. The SMILES string of the molecule is CCN(CC)CCCN(Cc1ccco1)C(=S)Nc1cc(Cl)ccc1OC. The first-order valence-electron chi connectivity index (χ1n) is 9.21. The van der Waals surface area contributed by atoms with E-state index in [0.717, 1.165) is 44.0 Å². The molecule has 0 bridgehead atoms. The molecule has 1 aromatic heterocycles. The van der Waals surface area contributed by atoms with Gasteiger partial charge in [-0.05, 0) is 68.6 Å². The number of nitrogens with one attached hydrogen (secondary N) is 1. The highest BCUT2D eigenvalue weighted by Crippen LogP contribution is 2.28. The van der Waals surface area contributed by atoms with E-state index in [2.05, 4.69) is 29.0 Å². The molecule has 0 aliphatic heterocycles. The van der Waals surface area contributed by atoms with E-state index in [-0.39, 0.29) is 0 Å². The van der Waals surface area contributed by atoms with Crippen LogP contribution < -0.4 is 10.1 Å². The largest absolute Gasteiger partial charge is 0.495 e. The minimum atomic E-state index is 0.611. The highest BCUT2D eigenvalue weighted by atomic mass is 35.5. The molecule has 27 heavy (non-hydrogen) atoms. The van der Waals surface area contributed by atoms with Crippen LogP contribution in [0.25, 0.3) is 0 Å². The minimum absolute atomic E-state index is 0.611. The zero-order chi connectivity index (χ0) is 19.6. The van der Waals surface area contributed by atoms with Gasteiger partial charge in [-0.2, -0.15) is 0 Å². The van der Waals surface area contributed by atoms with E-state index in [9.17, 15) is 0 Å². The lowest BCUT2D eigenvalue weighted by molar-refractivity contribution is 0.276. The predicted molar refractivity (Wildman–Crippen MR) is 116 cm³/mol. The molecule has 1 heterocycles. The summed E-state index contributed by atoms with van der Waals surface area (Å²) in [7, 11) is 1.63. The van der Waals surface area contributed by atoms with Gasteiger partial charge in [0.1, 0.15) is 11.5 Å². The Morgan fingerprint density at radius 2 is 2.00 bits per heavy atom. The summed E-state index contributed by atoms with van der Waals surface area (Å²) in [5, 5.41) is 4.52. The van der Waals surface area contributed by atoms with Crippen LogP contribution in [0.5, 0.6) is 5.75 Å². The van der Waals surface area contributed by atoms with Crippen LogP contribution in [0.1, 0.15) is 26.0 Å². The molecule has 0 aliphatic rings. The Morgan fingerprint density at radius 3 is 2.63 bits per heavy atom. The van der Waals surface area contributed by atoms with Crippen LogP contribution in [0.3, 0.4) is 0 Å². The Kier molecular flexibility index (Phi) is 8.91. The Balaban J connectivity index is 2.07. The third-order valence-electron chi connectivity index (χ3n) is 4.41. The lowest BCUT2D eigenvalue weighted by atomic mass is 10.3. The highest BCUT2D eigenvalue weighted by molar-refractivity contribution is 7.80. The van der Waals surface area contributed by atoms with Crippen LogP contribution in [0.2, 0.25) is 5.02 Å². The molecule has 0 aliphatic carbocycles. The van der Waals surface area contributed by atoms with Gasteiger partial charge in [0, 0.05) is 11.6 Å². The van der Waals surface area contributed by atoms with Crippen molar-refractivity contribution in [2.45, 2.75) is 26.8 Å².